The molecule has 19 heavy (non-hydrogen) atoms. The van der Waals surface area contributed by atoms with Gasteiger partial charge in [0.25, 0.3) is 0 Å². The van der Waals surface area contributed by atoms with Gasteiger partial charge >= 0.3 is 0 Å². The highest BCUT2D eigenvalue weighted by Crippen LogP contribution is 2.26. The summed E-state index contributed by atoms with van der Waals surface area (Å²) in [5, 5.41) is 4.36. The minimum atomic E-state index is -0.0290. The second kappa shape index (κ2) is 6.32. The van der Waals surface area contributed by atoms with E-state index in [2.05, 4.69) is 58.6 Å². The Morgan fingerprint density at radius 3 is 2.89 bits per heavy atom. The third-order valence-corrected chi connectivity index (χ3v) is 3.64. The average Bonchev–Trinajstić information content (AvgIpc) is 2.82. The van der Waals surface area contributed by atoms with E-state index in [0.29, 0.717) is 0 Å². The number of benzene rings is 1. The van der Waals surface area contributed by atoms with E-state index in [1.807, 2.05) is 16.9 Å². The van der Waals surface area contributed by atoms with Crippen molar-refractivity contribution < 1.29 is 0 Å². The molecule has 102 valence electrons. The Hall–Kier alpha value is -1.17. The molecule has 0 aliphatic carbocycles. The maximum absolute atomic E-state index is 5.73. The van der Waals surface area contributed by atoms with Gasteiger partial charge in [-0.05, 0) is 36.6 Å². The molecule has 1 aromatic carbocycles. The fourth-order valence-electron chi connectivity index (χ4n) is 2.21. The third kappa shape index (κ3) is 3.23. The van der Waals surface area contributed by atoms with Gasteiger partial charge in [0.1, 0.15) is 0 Å². The molecular formula is C14H19BrN4. The number of aryl methyl sites for hydroxylation is 2. The van der Waals surface area contributed by atoms with Crippen molar-refractivity contribution in [3.8, 4) is 0 Å². The first-order valence-electron chi connectivity index (χ1n) is 6.40. The van der Waals surface area contributed by atoms with Crippen molar-refractivity contribution >= 4 is 15.9 Å². The van der Waals surface area contributed by atoms with E-state index in [1.54, 1.807) is 0 Å². The Bertz CT molecular complexity index is 550. The number of nitrogens with two attached hydrogens (primary N) is 1. The van der Waals surface area contributed by atoms with Gasteiger partial charge in [0, 0.05) is 22.8 Å². The van der Waals surface area contributed by atoms with E-state index in [4.69, 9.17) is 5.84 Å². The normalized spacial score (nSPS) is 12.6. The average molecular weight is 323 g/mol. The van der Waals surface area contributed by atoms with E-state index in [9.17, 15) is 0 Å². The van der Waals surface area contributed by atoms with Gasteiger partial charge in [0.15, 0.2) is 0 Å². The molecule has 1 unspecified atom stereocenters. The quantitative estimate of drug-likeness (QED) is 0.657. The number of halogens is 1. The second-order valence-electron chi connectivity index (χ2n) is 4.64. The molecule has 1 atom stereocenters. The maximum atomic E-state index is 5.73. The van der Waals surface area contributed by atoms with Crippen molar-refractivity contribution in [1.82, 2.24) is 15.2 Å². The monoisotopic (exact) mass is 322 g/mol. The lowest BCUT2D eigenvalue weighted by Crippen LogP contribution is -2.29. The standard InChI is InChI=1S/C14H19BrN4/c1-3-6-19-9-11(8-17-19)14(18-16)13-5-4-12(15)7-10(13)2/h4-5,7-9,14,18H,3,6,16H2,1-2H3. The van der Waals surface area contributed by atoms with Crippen LogP contribution in [0.4, 0.5) is 0 Å². The molecule has 0 spiro atoms. The largest absolute Gasteiger partial charge is 0.272 e. The Morgan fingerprint density at radius 2 is 2.26 bits per heavy atom. The summed E-state index contributed by atoms with van der Waals surface area (Å²) < 4.78 is 3.03. The van der Waals surface area contributed by atoms with Crippen LogP contribution in [0.15, 0.2) is 35.1 Å². The first kappa shape index (κ1) is 14.2. The van der Waals surface area contributed by atoms with E-state index < -0.39 is 0 Å². The third-order valence-electron chi connectivity index (χ3n) is 3.15. The molecule has 0 bridgehead atoms. The minimum absolute atomic E-state index is 0.0290. The lowest BCUT2D eigenvalue weighted by atomic mass is 9.98. The van der Waals surface area contributed by atoms with Crippen LogP contribution in [0.3, 0.4) is 0 Å². The van der Waals surface area contributed by atoms with Crippen LogP contribution in [0.25, 0.3) is 0 Å². The molecule has 5 heteroatoms. The highest BCUT2D eigenvalue weighted by atomic mass is 79.9. The van der Waals surface area contributed by atoms with E-state index in [0.717, 1.165) is 23.0 Å². The second-order valence-corrected chi connectivity index (χ2v) is 5.55. The van der Waals surface area contributed by atoms with Crippen LogP contribution in [-0.4, -0.2) is 9.78 Å². The van der Waals surface area contributed by atoms with Crippen molar-refractivity contribution in [2.75, 3.05) is 0 Å². The van der Waals surface area contributed by atoms with Gasteiger partial charge in [-0.25, -0.2) is 5.43 Å². The van der Waals surface area contributed by atoms with Crippen molar-refractivity contribution in [3.63, 3.8) is 0 Å². The van der Waals surface area contributed by atoms with Crippen LogP contribution in [0, 0.1) is 6.92 Å². The predicted octanol–water partition coefficient (Wildman–Crippen LogP) is 2.92. The summed E-state index contributed by atoms with van der Waals surface area (Å²) in [6.45, 7) is 5.15. The molecule has 2 aromatic rings. The van der Waals surface area contributed by atoms with Crippen LogP contribution in [0.5, 0.6) is 0 Å². The Morgan fingerprint density at radius 1 is 1.47 bits per heavy atom. The zero-order valence-electron chi connectivity index (χ0n) is 11.2. The van der Waals surface area contributed by atoms with Crippen LogP contribution in [0.2, 0.25) is 0 Å². The number of nitrogens with zero attached hydrogens (tertiary/aromatic N) is 2. The molecule has 1 aromatic heterocycles. The number of nitrogens with one attached hydrogen (secondary N) is 1. The zero-order valence-corrected chi connectivity index (χ0v) is 12.8. The predicted molar refractivity (Wildman–Crippen MR) is 80.6 cm³/mol. The highest BCUT2D eigenvalue weighted by Gasteiger charge is 2.16. The van der Waals surface area contributed by atoms with Gasteiger partial charge in [0.2, 0.25) is 0 Å². The van der Waals surface area contributed by atoms with E-state index in [1.165, 1.54) is 11.1 Å². The van der Waals surface area contributed by atoms with Crippen molar-refractivity contribution in [3.05, 3.63) is 51.8 Å². The molecule has 0 amide bonds. The molecule has 0 radical (unpaired) electrons. The Kier molecular flexibility index (Phi) is 4.74. The topological polar surface area (TPSA) is 55.9 Å². The summed E-state index contributed by atoms with van der Waals surface area (Å²) in [4.78, 5) is 0. The van der Waals surface area contributed by atoms with Crippen molar-refractivity contribution in [2.45, 2.75) is 32.9 Å². The summed E-state index contributed by atoms with van der Waals surface area (Å²) in [5.74, 6) is 5.73. The smallest absolute Gasteiger partial charge is 0.0743 e. The Balaban J connectivity index is 2.32. The number of rotatable bonds is 5. The SMILES string of the molecule is CCCn1cc(C(NN)c2ccc(Br)cc2C)cn1. The van der Waals surface area contributed by atoms with Gasteiger partial charge in [-0.2, -0.15) is 5.10 Å². The molecule has 0 fully saturated rings. The summed E-state index contributed by atoms with van der Waals surface area (Å²) in [6.07, 6.45) is 5.00. The fraction of sp³-hybridized carbons (Fsp3) is 0.357. The first-order chi connectivity index (χ1) is 9.15. The molecule has 0 aliphatic heterocycles. The van der Waals surface area contributed by atoms with Gasteiger partial charge in [0.05, 0.1) is 12.2 Å². The molecule has 0 saturated carbocycles. The number of hydrogen-bond acceptors (Lipinski definition) is 3. The zero-order chi connectivity index (χ0) is 13.8. The summed E-state index contributed by atoms with van der Waals surface area (Å²) in [7, 11) is 0. The molecule has 3 N–H and O–H groups in total. The lowest BCUT2D eigenvalue weighted by Gasteiger charge is -2.17. The number of hydrogen-bond donors (Lipinski definition) is 2. The molecule has 4 nitrogen and oxygen atoms in total. The summed E-state index contributed by atoms with van der Waals surface area (Å²) in [5.41, 5.74) is 6.33. The molecule has 2 rings (SSSR count). The minimum Gasteiger partial charge on any atom is -0.272 e. The van der Waals surface area contributed by atoms with Gasteiger partial charge in [-0.15, -0.1) is 0 Å². The molecule has 0 saturated heterocycles. The van der Waals surface area contributed by atoms with Crippen molar-refractivity contribution in [1.29, 1.82) is 0 Å². The van der Waals surface area contributed by atoms with Crippen molar-refractivity contribution in [2.24, 2.45) is 5.84 Å². The maximum Gasteiger partial charge on any atom is 0.0743 e. The Labute approximate surface area is 122 Å². The highest BCUT2D eigenvalue weighted by molar-refractivity contribution is 9.10. The van der Waals surface area contributed by atoms with Crippen LogP contribution < -0.4 is 11.3 Å². The van der Waals surface area contributed by atoms with Crippen LogP contribution in [0.1, 0.15) is 36.1 Å². The van der Waals surface area contributed by atoms with Gasteiger partial charge in [-0.3, -0.25) is 10.5 Å². The first-order valence-corrected chi connectivity index (χ1v) is 7.19. The summed E-state index contributed by atoms with van der Waals surface area (Å²) >= 11 is 3.48. The van der Waals surface area contributed by atoms with Crippen LogP contribution >= 0.6 is 15.9 Å². The van der Waals surface area contributed by atoms with E-state index in [-0.39, 0.29) is 6.04 Å². The van der Waals surface area contributed by atoms with Crippen LogP contribution in [-0.2, 0) is 6.54 Å². The van der Waals surface area contributed by atoms with Gasteiger partial charge in [-0.1, -0.05) is 28.9 Å². The molecule has 0 aliphatic rings. The lowest BCUT2D eigenvalue weighted by molar-refractivity contribution is 0.597. The summed E-state index contributed by atoms with van der Waals surface area (Å²) in [6, 6.07) is 6.18. The number of aromatic nitrogens is 2. The van der Waals surface area contributed by atoms with E-state index >= 15 is 0 Å². The number of hydrazine groups is 1. The fourth-order valence-corrected chi connectivity index (χ4v) is 2.68. The molecular weight excluding hydrogens is 304 g/mol. The van der Waals surface area contributed by atoms with Gasteiger partial charge < -0.3 is 0 Å². The molecule has 1 heterocycles.